The van der Waals surface area contributed by atoms with Gasteiger partial charge in [0, 0.05) is 31.7 Å². The second-order valence-corrected chi connectivity index (χ2v) is 6.55. The topological polar surface area (TPSA) is 40.6 Å². The molecule has 2 amide bonds. The Morgan fingerprint density at radius 2 is 1.52 bits per heavy atom. The van der Waals surface area contributed by atoms with Crippen LogP contribution in [0.25, 0.3) is 0 Å². The van der Waals surface area contributed by atoms with Gasteiger partial charge in [0.15, 0.2) is 0 Å². The molecule has 2 aromatic rings. The number of carbonyl (C=O) groups is 2. The first-order valence-corrected chi connectivity index (χ1v) is 8.79. The normalized spacial score (nSPS) is 15.0. The lowest BCUT2D eigenvalue weighted by Crippen LogP contribution is -2.44. The van der Waals surface area contributed by atoms with E-state index < -0.39 is 0 Å². The van der Waals surface area contributed by atoms with Gasteiger partial charge in [-0.15, -0.1) is 0 Å². The smallest absolute Gasteiger partial charge is 0.229 e. The van der Waals surface area contributed by atoms with Crippen molar-refractivity contribution >= 4 is 17.5 Å². The minimum Gasteiger partial charge on any atom is -0.342 e. The number of hydrogen-bond donors (Lipinski definition) is 0. The number of nitrogens with zero attached hydrogens (tertiary/aromatic N) is 2. The maximum Gasteiger partial charge on any atom is 0.229 e. The molecule has 0 aliphatic carbocycles. The first kappa shape index (κ1) is 17.2. The van der Waals surface area contributed by atoms with E-state index >= 15 is 0 Å². The van der Waals surface area contributed by atoms with Crippen molar-refractivity contribution in [3.05, 3.63) is 66.2 Å². The summed E-state index contributed by atoms with van der Waals surface area (Å²) in [5.74, 6) is 0.279. The number of piperidine rings is 1. The number of para-hydroxylation sites is 1. The van der Waals surface area contributed by atoms with Gasteiger partial charge in [-0.05, 0) is 30.5 Å². The molecular formula is C21H24N2O2. The molecule has 0 radical (unpaired) electrons. The second-order valence-electron chi connectivity index (χ2n) is 6.55. The SMILES string of the molecule is CN(C(=O)C1CCN(C(=O)Cc2ccccc2)CC1)c1ccccc1. The number of benzene rings is 2. The van der Waals surface area contributed by atoms with Gasteiger partial charge in [-0.3, -0.25) is 9.59 Å². The summed E-state index contributed by atoms with van der Waals surface area (Å²) in [7, 11) is 1.82. The van der Waals surface area contributed by atoms with Gasteiger partial charge >= 0.3 is 0 Å². The molecule has 0 N–H and O–H groups in total. The molecule has 1 heterocycles. The Bertz CT molecular complexity index is 707. The van der Waals surface area contributed by atoms with Crippen LogP contribution in [0.15, 0.2) is 60.7 Å². The molecule has 0 saturated carbocycles. The Balaban J connectivity index is 1.53. The first-order valence-electron chi connectivity index (χ1n) is 8.79. The van der Waals surface area contributed by atoms with Crippen LogP contribution in [0.4, 0.5) is 5.69 Å². The third kappa shape index (κ3) is 4.27. The van der Waals surface area contributed by atoms with E-state index in [1.54, 1.807) is 4.90 Å². The molecule has 0 aromatic heterocycles. The van der Waals surface area contributed by atoms with Crippen molar-refractivity contribution < 1.29 is 9.59 Å². The van der Waals surface area contributed by atoms with Crippen LogP contribution in [-0.2, 0) is 16.0 Å². The Morgan fingerprint density at radius 3 is 2.12 bits per heavy atom. The first-order chi connectivity index (χ1) is 12.1. The van der Waals surface area contributed by atoms with Crippen molar-refractivity contribution in [2.24, 2.45) is 5.92 Å². The summed E-state index contributed by atoms with van der Waals surface area (Å²) >= 11 is 0. The molecular weight excluding hydrogens is 312 g/mol. The highest BCUT2D eigenvalue weighted by Crippen LogP contribution is 2.23. The van der Waals surface area contributed by atoms with Crippen molar-refractivity contribution in [1.82, 2.24) is 4.90 Å². The summed E-state index contributed by atoms with van der Waals surface area (Å²) in [5.41, 5.74) is 1.95. The van der Waals surface area contributed by atoms with Crippen LogP contribution in [-0.4, -0.2) is 36.9 Å². The van der Waals surface area contributed by atoms with Crippen molar-refractivity contribution in [1.29, 1.82) is 0 Å². The molecule has 0 atom stereocenters. The molecule has 1 aliphatic heterocycles. The summed E-state index contributed by atoms with van der Waals surface area (Å²) in [6, 6.07) is 19.5. The highest BCUT2D eigenvalue weighted by molar-refractivity contribution is 5.94. The Kier molecular flexibility index (Phi) is 5.49. The van der Waals surface area contributed by atoms with Crippen molar-refractivity contribution in [3.8, 4) is 0 Å². The number of amides is 2. The molecule has 1 aliphatic rings. The highest BCUT2D eigenvalue weighted by atomic mass is 16.2. The highest BCUT2D eigenvalue weighted by Gasteiger charge is 2.29. The molecule has 4 nitrogen and oxygen atoms in total. The predicted octanol–water partition coefficient (Wildman–Crippen LogP) is 3.13. The van der Waals surface area contributed by atoms with Gasteiger partial charge in [-0.25, -0.2) is 0 Å². The van der Waals surface area contributed by atoms with E-state index in [0.29, 0.717) is 19.5 Å². The van der Waals surface area contributed by atoms with Crippen LogP contribution in [0.2, 0.25) is 0 Å². The number of rotatable bonds is 4. The predicted molar refractivity (Wildman–Crippen MR) is 99.3 cm³/mol. The van der Waals surface area contributed by atoms with Crippen LogP contribution in [0.1, 0.15) is 18.4 Å². The van der Waals surface area contributed by atoms with E-state index in [9.17, 15) is 9.59 Å². The maximum absolute atomic E-state index is 12.7. The lowest BCUT2D eigenvalue weighted by atomic mass is 9.94. The van der Waals surface area contributed by atoms with Gasteiger partial charge < -0.3 is 9.80 Å². The van der Waals surface area contributed by atoms with Gasteiger partial charge in [-0.2, -0.15) is 0 Å². The minimum atomic E-state index is -0.00835. The molecule has 0 spiro atoms. The van der Waals surface area contributed by atoms with E-state index in [4.69, 9.17) is 0 Å². The molecule has 0 unspecified atom stereocenters. The van der Waals surface area contributed by atoms with Gasteiger partial charge in [0.2, 0.25) is 11.8 Å². The fourth-order valence-electron chi connectivity index (χ4n) is 3.31. The van der Waals surface area contributed by atoms with Crippen LogP contribution in [0, 0.1) is 5.92 Å². The van der Waals surface area contributed by atoms with Gasteiger partial charge in [0.25, 0.3) is 0 Å². The van der Waals surface area contributed by atoms with E-state index in [-0.39, 0.29) is 17.7 Å². The van der Waals surface area contributed by atoms with Crippen LogP contribution in [0.5, 0.6) is 0 Å². The molecule has 4 heteroatoms. The van der Waals surface area contributed by atoms with E-state index in [2.05, 4.69) is 0 Å². The zero-order valence-electron chi connectivity index (χ0n) is 14.6. The molecule has 1 saturated heterocycles. The molecule has 2 aromatic carbocycles. The Labute approximate surface area is 149 Å². The summed E-state index contributed by atoms with van der Waals surface area (Å²) in [5, 5.41) is 0. The average Bonchev–Trinajstić information content (AvgIpc) is 2.68. The number of carbonyl (C=O) groups excluding carboxylic acids is 2. The van der Waals surface area contributed by atoms with E-state index in [1.807, 2.05) is 72.6 Å². The third-order valence-electron chi connectivity index (χ3n) is 4.87. The second kappa shape index (κ2) is 7.97. The van der Waals surface area contributed by atoms with Crippen LogP contribution < -0.4 is 4.90 Å². The van der Waals surface area contributed by atoms with E-state index in [1.165, 1.54) is 0 Å². The Morgan fingerprint density at radius 1 is 0.960 bits per heavy atom. The molecule has 130 valence electrons. The maximum atomic E-state index is 12.7. The zero-order valence-corrected chi connectivity index (χ0v) is 14.6. The monoisotopic (exact) mass is 336 g/mol. The molecule has 25 heavy (non-hydrogen) atoms. The quantitative estimate of drug-likeness (QED) is 0.861. The summed E-state index contributed by atoms with van der Waals surface area (Å²) < 4.78 is 0. The van der Waals surface area contributed by atoms with Crippen molar-refractivity contribution in [2.75, 3.05) is 25.0 Å². The molecule has 3 rings (SSSR count). The standard InChI is InChI=1S/C21H24N2O2/c1-22(19-10-6-3-7-11-19)21(25)18-12-14-23(15-13-18)20(24)16-17-8-4-2-5-9-17/h2-11,18H,12-16H2,1H3. The van der Waals surface area contributed by atoms with Gasteiger partial charge in [-0.1, -0.05) is 48.5 Å². The lowest BCUT2D eigenvalue weighted by molar-refractivity contribution is -0.134. The lowest BCUT2D eigenvalue weighted by Gasteiger charge is -2.33. The minimum absolute atomic E-state index is 0.00835. The van der Waals surface area contributed by atoms with E-state index in [0.717, 1.165) is 24.1 Å². The fourth-order valence-corrected chi connectivity index (χ4v) is 3.31. The summed E-state index contributed by atoms with van der Waals surface area (Å²) in [6.45, 7) is 1.31. The van der Waals surface area contributed by atoms with Crippen LogP contribution >= 0.6 is 0 Å². The largest absolute Gasteiger partial charge is 0.342 e. The number of hydrogen-bond acceptors (Lipinski definition) is 2. The number of anilines is 1. The zero-order chi connectivity index (χ0) is 17.6. The van der Waals surface area contributed by atoms with Gasteiger partial charge in [0.1, 0.15) is 0 Å². The fraction of sp³-hybridized carbons (Fsp3) is 0.333. The van der Waals surface area contributed by atoms with Crippen molar-refractivity contribution in [2.45, 2.75) is 19.3 Å². The Hall–Kier alpha value is -2.62. The third-order valence-corrected chi connectivity index (χ3v) is 4.87. The van der Waals surface area contributed by atoms with Crippen molar-refractivity contribution in [3.63, 3.8) is 0 Å². The van der Waals surface area contributed by atoms with Gasteiger partial charge in [0.05, 0.1) is 6.42 Å². The molecule has 0 bridgehead atoms. The summed E-state index contributed by atoms with van der Waals surface area (Å²) in [4.78, 5) is 28.7. The number of likely N-dealkylation sites (tertiary alicyclic amines) is 1. The molecule has 1 fully saturated rings. The summed E-state index contributed by atoms with van der Waals surface area (Å²) in [6.07, 6.45) is 1.90. The van der Waals surface area contributed by atoms with Crippen LogP contribution in [0.3, 0.4) is 0 Å². The average molecular weight is 336 g/mol.